The van der Waals surface area contributed by atoms with Gasteiger partial charge in [-0.15, -0.1) is 0 Å². The second kappa shape index (κ2) is 5.55. The Balaban J connectivity index is 1.88. The minimum atomic E-state index is -5.72. The quantitative estimate of drug-likeness (QED) is 0.430. The first-order chi connectivity index (χ1) is 13.0. The molecule has 0 aromatic heterocycles. The van der Waals surface area contributed by atoms with Crippen LogP contribution in [0.25, 0.3) is 0 Å². The zero-order valence-electron chi connectivity index (χ0n) is 13.6. The molecule has 0 N–H and O–H groups in total. The summed E-state index contributed by atoms with van der Waals surface area (Å²) in [6.45, 7) is 0. The topological polar surface area (TPSA) is 37.4 Å². The van der Waals surface area contributed by atoms with Crippen LogP contribution in [0.4, 0.5) is 36.4 Å². The number of piperidine rings is 1. The van der Waals surface area contributed by atoms with Gasteiger partial charge in [0.1, 0.15) is 11.3 Å². The number of imide groups is 1. The van der Waals surface area contributed by atoms with E-state index in [9.17, 15) is 40.3 Å². The van der Waals surface area contributed by atoms with Crippen molar-refractivity contribution in [3.63, 3.8) is 0 Å². The van der Waals surface area contributed by atoms with E-state index in [1.54, 1.807) is 18.2 Å². The third-order valence-corrected chi connectivity index (χ3v) is 5.10. The van der Waals surface area contributed by atoms with E-state index in [-0.39, 0.29) is 11.3 Å². The number of hydrogen-bond donors (Lipinski definition) is 0. The molecule has 1 saturated heterocycles. The Bertz CT molecular complexity index is 1010. The highest BCUT2D eigenvalue weighted by atomic mass is 19.4. The number of alkyl halides is 3. The molecule has 2 fully saturated rings. The van der Waals surface area contributed by atoms with Gasteiger partial charge in [0.25, 0.3) is 0 Å². The maximum Gasteiger partial charge on any atom is 0.422 e. The molecule has 28 heavy (non-hydrogen) atoms. The Hall–Kier alpha value is -2.91. The average molecular weight is 403 g/mol. The van der Waals surface area contributed by atoms with Crippen LogP contribution in [0.1, 0.15) is 17.5 Å². The molecule has 2 aromatic carbocycles. The molecule has 4 rings (SSSR count). The lowest BCUT2D eigenvalue weighted by molar-refractivity contribution is -0.143. The molecule has 2 aliphatic rings. The zero-order chi connectivity index (χ0) is 20.6. The van der Waals surface area contributed by atoms with Gasteiger partial charge in [0.05, 0.1) is 11.3 Å². The van der Waals surface area contributed by atoms with Crippen LogP contribution in [0.15, 0.2) is 30.3 Å². The Labute approximate surface area is 152 Å². The summed E-state index contributed by atoms with van der Waals surface area (Å²) in [5.74, 6) is -13.7. The molecule has 0 spiro atoms. The summed E-state index contributed by atoms with van der Waals surface area (Å²) >= 11 is 0. The van der Waals surface area contributed by atoms with Crippen molar-refractivity contribution in [2.45, 2.75) is 18.0 Å². The number of benzene rings is 2. The molecule has 1 heterocycles. The fraction of sp³-hybridized carbons (Fsp3) is 0.222. The van der Waals surface area contributed by atoms with Crippen LogP contribution in [0.3, 0.4) is 0 Å². The first-order valence-corrected chi connectivity index (χ1v) is 7.90. The SMILES string of the molecule is O=C1[C@H]2C[C@@]2(c2ccccc2)C(=O)N1c1c(F)c(F)c(C(F)(F)F)c(F)c1F. The van der Waals surface area contributed by atoms with E-state index in [1.807, 2.05) is 0 Å². The number of anilines is 1. The van der Waals surface area contributed by atoms with Crippen LogP contribution in [0.2, 0.25) is 0 Å². The Kier molecular flexibility index (Phi) is 3.66. The van der Waals surface area contributed by atoms with Crippen LogP contribution in [-0.4, -0.2) is 11.8 Å². The van der Waals surface area contributed by atoms with E-state index in [0.717, 1.165) is 0 Å². The standard InChI is InChI=1S/C18H8F7NO2/c19-10-9(18(23,24)25)11(20)13(22)14(12(10)21)26-15(27)8-6-17(8,16(26)28)7-4-2-1-3-5-7/h1-5,8H,6H2/t8-,17+/m1/s1. The Morgan fingerprint density at radius 1 is 0.893 bits per heavy atom. The highest BCUT2D eigenvalue weighted by Crippen LogP contribution is 2.61. The molecule has 0 unspecified atom stereocenters. The van der Waals surface area contributed by atoms with Crippen molar-refractivity contribution in [2.75, 3.05) is 4.90 Å². The van der Waals surface area contributed by atoms with Gasteiger partial charge in [-0.25, -0.2) is 22.5 Å². The lowest BCUT2D eigenvalue weighted by Crippen LogP contribution is -2.38. The molecule has 1 aliphatic carbocycles. The van der Waals surface area contributed by atoms with Crippen LogP contribution < -0.4 is 4.90 Å². The van der Waals surface area contributed by atoms with Crippen LogP contribution >= 0.6 is 0 Å². The van der Waals surface area contributed by atoms with E-state index < -0.39 is 63.8 Å². The molecule has 2 atom stereocenters. The summed E-state index contributed by atoms with van der Waals surface area (Å²) in [4.78, 5) is 25.1. The minimum Gasteiger partial charge on any atom is -0.274 e. The number of nitrogens with zero attached hydrogens (tertiary/aromatic N) is 1. The fourth-order valence-corrected chi connectivity index (χ4v) is 3.71. The third kappa shape index (κ3) is 2.17. The summed E-state index contributed by atoms with van der Waals surface area (Å²) < 4.78 is 94.5. The predicted molar refractivity (Wildman–Crippen MR) is 80.0 cm³/mol. The van der Waals surface area contributed by atoms with E-state index >= 15 is 0 Å². The van der Waals surface area contributed by atoms with E-state index in [1.165, 1.54) is 12.1 Å². The lowest BCUT2D eigenvalue weighted by atomic mass is 9.94. The Morgan fingerprint density at radius 3 is 1.93 bits per heavy atom. The second-order valence-corrected chi connectivity index (χ2v) is 6.55. The third-order valence-electron chi connectivity index (χ3n) is 5.10. The molecule has 10 heteroatoms. The van der Waals surface area contributed by atoms with Crippen molar-refractivity contribution in [3.05, 3.63) is 64.7 Å². The summed E-state index contributed by atoms with van der Waals surface area (Å²) in [6, 6.07) is 7.72. The van der Waals surface area contributed by atoms with E-state index in [0.29, 0.717) is 5.56 Å². The van der Waals surface area contributed by atoms with Crippen molar-refractivity contribution in [2.24, 2.45) is 5.92 Å². The van der Waals surface area contributed by atoms with Crippen molar-refractivity contribution < 1.29 is 40.3 Å². The highest BCUT2D eigenvalue weighted by molar-refractivity contribution is 6.29. The van der Waals surface area contributed by atoms with Crippen LogP contribution in [-0.2, 0) is 21.2 Å². The maximum atomic E-state index is 14.3. The van der Waals surface area contributed by atoms with E-state index in [2.05, 4.69) is 0 Å². The number of halogens is 7. The molecule has 1 saturated carbocycles. The van der Waals surface area contributed by atoms with Gasteiger partial charge in [-0.2, -0.15) is 13.2 Å². The lowest BCUT2D eigenvalue weighted by Gasteiger charge is -2.22. The number of carbonyl (C=O) groups is 2. The molecule has 2 aromatic rings. The summed E-state index contributed by atoms with van der Waals surface area (Å²) in [5, 5.41) is 0. The first-order valence-electron chi connectivity index (χ1n) is 7.90. The average Bonchev–Trinajstić information content (AvgIpc) is 3.35. The minimum absolute atomic E-state index is 0.0278. The zero-order valence-corrected chi connectivity index (χ0v) is 13.6. The summed E-state index contributed by atoms with van der Waals surface area (Å²) in [6.07, 6.45) is -5.69. The van der Waals surface area contributed by atoms with Crippen molar-refractivity contribution in [3.8, 4) is 0 Å². The van der Waals surface area contributed by atoms with Gasteiger partial charge in [0.2, 0.25) is 11.8 Å². The molecule has 0 bridgehead atoms. The summed E-state index contributed by atoms with van der Waals surface area (Å²) in [5.41, 5.74) is -5.64. The second-order valence-electron chi connectivity index (χ2n) is 6.55. The predicted octanol–water partition coefficient (Wildman–Crippen LogP) is 4.09. The number of carbonyl (C=O) groups excluding carboxylic acids is 2. The fourth-order valence-electron chi connectivity index (χ4n) is 3.71. The molecule has 1 aliphatic heterocycles. The van der Waals surface area contributed by atoms with Gasteiger partial charge in [0.15, 0.2) is 23.3 Å². The van der Waals surface area contributed by atoms with Crippen molar-refractivity contribution in [1.29, 1.82) is 0 Å². The molecule has 0 radical (unpaired) electrons. The van der Waals surface area contributed by atoms with Gasteiger partial charge in [0, 0.05) is 0 Å². The normalized spacial score (nSPS) is 24.0. The molecule has 2 amide bonds. The van der Waals surface area contributed by atoms with Gasteiger partial charge >= 0.3 is 6.18 Å². The maximum absolute atomic E-state index is 14.3. The van der Waals surface area contributed by atoms with Gasteiger partial charge in [-0.1, -0.05) is 30.3 Å². The van der Waals surface area contributed by atoms with Crippen molar-refractivity contribution >= 4 is 17.5 Å². The molecule has 146 valence electrons. The number of hydrogen-bond acceptors (Lipinski definition) is 2. The Morgan fingerprint density at radius 2 is 1.43 bits per heavy atom. The van der Waals surface area contributed by atoms with Crippen molar-refractivity contribution in [1.82, 2.24) is 0 Å². The van der Waals surface area contributed by atoms with Crippen LogP contribution in [0.5, 0.6) is 0 Å². The number of fused-ring (bicyclic) bond motifs is 1. The smallest absolute Gasteiger partial charge is 0.274 e. The monoisotopic (exact) mass is 403 g/mol. The van der Waals surface area contributed by atoms with Gasteiger partial charge in [-0.3, -0.25) is 9.59 Å². The van der Waals surface area contributed by atoms with E-state index in [4.69, 9.17) is 0 Å². The first kappa shape index (κ1) is 18.5. The largest absolute Gasteiger partial charge is 0.422 e. The van der Waals surface area contributed by atoms with Crippen LogP contribution in [0, 0.1) is 29.2 Å². The molecular weight excluding hydrogens is 395 g/mol. The number of rotatable bonds is 2. The van der Waals surface area contributed by atoms with Gasteiger partial charge in [-0.05, 0) is 12.0 Å². The molecular formula is C18H8F7NO2. The number of amides is 2. The highest BCUT2D eigenvalue weighted by Gasteiger charge is 2.73. The molecule has 3 nitrogen and oxygen atoms in total. The summed E-state index contributed by atoms with van der Waals surface area (Å²) in [7, 11) is 0. The van der Waals surface area contributed by atoms with Gasteiger partial charge < -0.3 is 0 Å².